The lowest BCUT2D eigenvalue weighted by Gasteiger charge is -2.21. The molecular weight excluding hydrogens is 242 g/mol. The second-order valence-corrected chi connectivity index (χ2v) is 6.84. The minimum Gasteiger partial charge on any atom is -0.383 e. The van der Waals surface area contributed by atoms with Gasteiger partial charge in [-0.25, -0.2) is 9.97 Å². The highest BCUT2D eigenvalue weighted by molar-refractivity contribution is 7.99. The fraction of sp³-hybridized carbons (Fsp3) is 0.714. The molecule has 1 aromatic heterocycles. The summed E-state index contributed by atoms with van der Waals surface area (Å²) >= 11 is 1.93. The molecule has 0 radical (unpaired) electrons. The Morgan fingerprint density at radius 2 is 1.78 bits per heavy atom. The molecule has 0 saturated heterocycles. The van der Waals surface area contributed by atoms with Gasteiger partial charge in [-0.15, -0.1) is 11.8 Å². The first kappa shape index (κ1) is 12.3. The van der Waals surface area contributed by atoms with Crippen LogP contribution in [0, 0.1) is 6.92 Å². The number of hydrogen-bond donors (Lipinski definition) is 1. The molecule has 2 N–H and O–H groups in total. The van der Waals surface area contributed by atoms with Crippen LogP contribution in [0.15, 0.2) is 5.03 Å². The van der Waals surface area contributed by atoms with Crippen molar-refractivity contribution in [3.8, 4) is 0 Å². The summed E-state index contributed by atoms with van der Waals surface area (Å²) in [6.07, 6.45) is 9.25. The average Bonchev–Trinajstić information content (AvgIpc) is 3.20. The molecule has 0 amide bonds. The Morgan fingerprint density at radius 1 is 1.06 bits per heavy atom. The Kier molecular flexibility index (Phi) is 3.46. The molecule has 0 aliphatic heterocycles. The van der Waals surface area contributed by atoms with Crippen molar-refractivity contribution in [1.29, 1.82) is 0 Å². The SMILES string of the molecule is Cc1c(N)nc(C2CC2)nc1SC1CCCCC1. The van der Waals surface area contributed by atoms with Gasteiger partial charge in [0.2, 0.25) is 0 Å². The van der Waals surface area contributed by atoms with Crippen molar-refractivity contribution in [3.63, 3.8) is 0 Å². The number of rotatable bonds is 3. The van der Waals surface area contributed by atoms with E-state index in [9.17, 15) is 0 Å². The van der Waals surface area contributed by atoms with E-state index in [-0.39, 0.29) is 0 Å². The molecule has 1 heterocycles. The molecule has 18 heavy (non-hydrogen) atoms. The Bertz CT molecular complexity index is 437. The van der Waals surface area contributed by atoms with Gasteiger partial charge in [-0.05, 0) is 32.6 Å². The van der Waals surface area contributed by atoms with E-state index in [1.165, 1.54) is 44.9 Å². The first-order valence-corrected chi connectivity index (χ1v) is 7.92. The third kappa shape index (κ3) is 2.63. The second-order valence-electron chi connectivity index (χ2n) is 5.55. The minimum atomic E-state index is 0.582. The van der Waals surface area contributed by atoms with Crippen LogP contribution in [-0.4, -0.2) is 15.2 Å². The van der Waals surface area contributed by atoms with Gasteiger partial charge < -0.3 is 5.73 Å². The molecule has 2 fully saturated rings. The monoisotopic (exact) mass is 263 g/mol. The van der Waals surface area contributed by atoms with Crippen molar-refractivity contribution >= 4 is 17.6 Å². The van der Waals surface area contributed by atoms with Crippen LogP contribution in [0.3, 0.4) is 0 Å². The molecule has 0 spiro atoms. The van der Waals surface area contributed by atoms with E-state index >= 15 is 0 Å². The summed E-state index contributed by atoms with van der Waals surface area (Å²) in [5.74, 6) is 2.25. The van der Waals surface area contributed by atoms with Crippen LogP contribution in [0.5, 0.6) is 0 Å². The summed E-state index contributed by atoms with van der Waals surface area (Å²) < 4.78 is 0. The zero-order valence-electron chi connectivity index (χ0n) is 11.0. The quantitative estimate of drug-likeness (QED) is 0.845. The number of nitrogens with two attached hydrogens (primary N) is 1. The highest BCUT2D eigenvalue weighted by Crippen LogP contribution is 2.41. The van der Waals surface area contributed by atoms with Crippen LogP contribution in [-0.2, 0) is 0 Å². The second kappa shape index (κ2) is 5.08. The van der Waals surface area contributed by atoms with E-state index < -0.39 is 0 Å². The lowest BCUT2D eigenvalue weighted by Crippen LogP contribution is -2.10. The molecule has 1 aromatic rings. The normalized spacial score (nSPS) is 21.2. The summed E-state index contributed by atoms with van der Waals surface area (Å²) in [5, 5.41) is 1.87. The Hall–Kier alpha value is -0.770. The van der Waals surface area contributed by atoms with Crippen LogP contribution in [0.1, 0.15) is 62.3 Å². The van der Waals surface area contributed by atoms with E-state index in [1.807, 2.05) is 11.8 Å². The van der Waals surface area contributed by atoms with Gasteiger partial charge in [0.05, 0.1) is 0 Å². The summed E-state index contributed by atoms with van der Waals surface area (Å²) in [5.41, 5.74) is 7.11. The van der Waals surface area contributed by atoms with Gasteiger partial charge >= 0.3 is 0 Å². The van der Waals surface area contributed by atoms with Crippen molar-refractivity contribution in [2.45, 2.75) is 68.1 Å². The third-order valence-corrected chi connectivity index (χ3v) is 5.35. The number of anilines is 1. The molecule has 0 bridgehead atoms. The zero-order chi connectivity index (χ0) is 12.5. The third-order valence-electron chi connectivity index (χ3n) is 3.93. The summed E-state index contributed by atoms with van der Waals surface area (Å²) in [7, 11) is 0. The summed E-state index contributed by atoms with van der Waals surface area (Å²) in [6.45, 7) is 2.05. The standard InChI is InChI=1S/C14H21N3S/c1-9-12(15)16-13(10-7-8-10)17-14(9)18-11-5-3-2-4-6-11/h10-11H,2-8H2,1H3,(H2,15,16,17). The van der Waals surface area contributed by atoms with Crippen LogP contribution >= 0.6 is 11.8 Å². The van der Waals surface area contributed by atoms with Gasteiger partial charge in [-0.1, -0.05) is 19.3 Å². The lowest BCUT2D eigenvalue weighted by molar-refractivity contribution is 0.515. The fourth-order valence-corrected chi connectivity index (χ4v) is 3.82. The van der Waals surface area contributed by atoms with Crippen LogP contribution in [0.2, 0.25) is 0 Å². The molecule has 2 aliphatic carbocycles. The van der Waals surface area contributed by atoms with E-state index in [4.69, 9.17) is 10.7 Å². The van der Waals surface area contributed by atoms with E-state index in [0.717, 1.165) is 21.7 Å². The maximum atomic E-state index is 6.03. The first-order valence-electron chi connectivity index (χ1n) is 7.04. The molecule has 98 valence electrons. The highest BCUT2D eigenvalue weighted by atomic mass is 32.2. The van der Waals surface area contributed by atoms with Crippen molar-refractivity contribution < 1.29 is 0 Å². The van der Waals surface area contributed by atoms with Gasteiger partial charge in [-0.3, -0.25) is 0 Å². The number of nitrogens with zero attached hydrogens (tertiary/aromatic N) is 2. The molecule has 3 rings (SSSR count). The molecule has 0 atom stereocenters. The predicted molar refractivity (Wildman–Crippen MR) is 75.9 cm³/mol. The van der Waals surface area contributed by atoms with Crippen LogP contribution in [0.25, 0.3) is 0 Å². The van der Waals surface area contributed by atoms with Gasteiger partial charge in [0.25, 0.3) is 0 Å². The van der Waals surface area contributed by atoms with Crippen molar-refractivity contribution in [1.82, 2.24) is 9.97 Å². The average molecular weight is 263 g/mol. The molecule has 4 heteroatoms. The maximum Gasteiger partial charge on any atom is 0.135 e. The number of nitrogen functional groups attached to an aromatic ring is 1. The van der Waals surface area contributed by atoms with E-state index in [1.54, 1.807) is 0 Å². The minimum absolute atomic E-state index is 0.582. The highest BCUT2D eigenvalue weighted by Gasteiger charge is 2.28. The Labute approximate surface area is 113 Å². The lowest BCUT2D eigenvalue weighted by atomic mass is 10.0. The van der Waals surface area contributed by atoms with Gasteiger partial charge in [-0.2, -0.15) is 0 Å². The van der Waals surface area contributed by atoms with E-state index in [0.29, 0.717) is 11.7 Å². The fourth-order valence-electron chi connectivity index (χ4n) is 2.51. The van der Waals surface area contributed by atoms with Gasteiger partial charge in [0, 0.05) is 16.7 Å². The molecule has 2 saturated carbocycles. The van der Waals surface area contributed by atoms with Crippen molar-refractivity contribution in [3.05, 3.63) is 11.4 Å². The summed E-state index contributed by atoms with van der Waals surface area (Å²) in [4.78, 5) is 9.20. The Morgan fingerprint density at radius 3 is 2.44 bits per heavy atom. The van der Waals surface area contributed by atoms with Gasteiger partial charge in [0.1, 0.15) is 16.7 Å². The van der Waals surface area contributed by atoms with Crippen LogP contribution < -0.4 is 5.73 Å². The van der Waals surface area contributed by atoms with E-state index in [2.05, 4.69) is 11.9 Å². The number of aromatic nitrogens is 2. The van der Waals surface area contributed by atoms with Crippen molar-refractivity contribution in [2.24, 2.45) is 0 Å². The van der Waals surface area contributed by atoms with Gasteiger partial charge in [0.15, 0.2) is 0 Å². The maximum absolute atomic E-state index is 6.03. The summed E-state index contributed by atoms with van der Waals surface area (Å²) in [6, 6.07) is 0. The smallest absolute Gasteiger partial charge is 0.135 e. The first-order chi connectivity index (χ1) is 8.74. The molecule has 0 aromatic carbocycles. The predicted octanol–water partition coefficient (Wildman–Crippen LogP) is 3.67. The van der Waals surface area contributed by atoms with Crippen LogP contribution in [0.4, 0.5) is 5.82 Å². The molecule has 3 nitrogen and oxygen atoms in total. The Balaban J connectivity index is 1.80. The molecular formula is C14H21N3S. The number of thioether (sulfide) groups is 1. The molecule has 0 unspecified atom stereocenters. The number of hydrogen-bond acceptors (Lipinski definition) is 4. The zero-order valence-corrected chi connectivity index (χ0v) is 11.8. The topological polar surface area (TPSA) is 51.8 Å². The van der Waals surface area contributed by atoms with Crippen molar-refractivity contribution in [2.75, 3.05) is 5.73 Å². The molecule has 2 aliphatic rings. The largest absolute Gasteiger partial charge is 0.383 e.